The smallest absolute Gasteiger partial charge is 0.184 e. The minimum atomic E-state index is -1.35. The van der Waals surface area contributed by atoms with Crippen molar-refractivity contribution in [3.05, 3.63) is 0 Å². The molecule has 0 saturated heterocycles. The van der Waals surface area contributed by atoms with Crippen molar-refractivity contribution in [3.8, 4) is 0 Å². The van der Waals surface area contributed by atoms with Crippen LogP contribution in [0.25, 0.3) is 0 Å². The molecule has 0 aromatic heterocycles. The Kier molecular flexibility index (Phi) is 2.94. The van der Waals surface area contributed by atoms with Gasteiger partial charge in [-0.3, -0.25) is 0 Å². The lowest BCUT2D eigenvalue weighted by atomic mass is 9.88. The van der Waals surface area contributed by atoms with Gasteiger partial charge in [-0.1, -0.05) is 20.8 Å². The van der Waals surface area contributed by atoms with E-state index in [0.717, 1.165) is 5.92 Å². The summed E-state index contributed by atoms with van der Waals surface area (Å²) in [6.07, 6.45) is 3.16. The quantitative estimate of drug-likeness (QED) is 0.618. The van der Waals surface area contributed by atoms with Crippen molar-refractivity contribution >= 4 is 8.32 Å². The van der Waals surface area contributed by atoms with Gasteiger partial charge in [0.1, 0.15) is 0 Å². The van der Waals surface area contributed by atoms with Crippen LogP contribution in [0.3, 0.4) is 0 Å². The van der Waals surface area contributed by atoms with Crippen molar-refractivity contribution < 1.29 is 4.43 Å². The molecule has 0 spiro atoms. The molecule has 0 aromatic rings. The largest absolute Gasteiger partial charge is 0.414 e. The van der Waals surface area contributed by atoms with Gasteiger partial charge >= 0.3 is 0 Å². The second-order valence-electron chi connectivity index (χ2n) is 6.16. The molecule has 2 heteroatoms. The van der Waals surface area contributed by atoms with Gasteiger partial charge in [-0.2, -0.15) is 0 Å². The highest BCUT2D eigenvalue weighted by molar-refractivity contribution is 6.69. The lowest BCUT2D eigenvalue weighted by Gasteiger charge is -2.35. The fraction of sp³-hybridized carbons (Fsp3) is 1.00. The van der Waals surface area contributed by atoms with E-state index < -0.39 is 8.32 Å². The Labute approximate surface area is 84.0 Å². The molecule has 78 valence electrons. The van der Waals surface area contributed by atoms with Gasteiger partial charge in [-0.15, -0.1) is 0 Å². The standard InChI is InChI=1S/C11H24OSi/c1-9-7-8-11(2,3)10(9)12-13(4,5)6/h9-10H,7-8H2,1-6H3/t9-,10-/m0/s1. The van der Waals surface area contributed by atoms with Crippen molar-refractivity contribution in [2.24, 2.45) is 11.3 Å². The Hall–Kier alpha value is 0.177. The summed E-state index contributed by atoms with van der Waals surface area (Å²) >= 11 is 0. The molecule has 0 amide bonds. The monoisotopic (exact) mass is 200 g/mol. The van der Waals surface area contributed by atoms with Crippen LogP contribution in [0.2, 0.25) is 19.6 Å². The van der Waals surface area contributed by atoms with Crippen LogP contribution in [0.4, 0.5) is 0 Å². The van der Waals surface area contributed by atoms with Crippen LogP contribution in [-0.4, -0.2) is 14.4 Å². The molecule has 1 saturated carbocycles. The van der Waals surface area contributed by atoms with Gasteiger partial charge in [-0.05, 0) is 43.8 Å². The minimum Gasteiger partial charge on any atom is -0.414 e. The molecule has 0 radical (unpaired) electrons. The van der Waals surface area contributed by atoms with Crippen molar-refractivity contribution in [2.75, 3.05) is 0 Å². The van der Waals surface area contributed by atoms with Crippen molar-refractivity contribution in [1.29, 1.82) is 0 Å². The molecular formula is C11H24OSi. The van der Waals surface area contributed by atoms with Gasteiger partial charge in [-0.25, -0.2) is 0 Å². The van der Waals surface area contributed by atoms with E-state index in [9.17, 15) is 0 Å². The Balaban J connectivity index is 2.66. The average Bonchev–Trinajstić information content (AvgIpc) is 2.13. The van der Waals surface area contributed by atoms with Crippen LogP contribution in [0.1, 0.15) is 33.6 Å². The maximum atomic E-state index is 6.27. The van der Waals surface area contributed by atoms with Crippen molar-refractivity contribution in [2.45, 2.75) is 59.4 Å². The van der Waals surface area contributed by atoms with E-state index in [-0.39, 0.29) is 0 Å². The van der Waals surface area contributed by atoms with E-state index in [2.05, 4.69) is 40.4 Å². The van der Waals surface area contributed by atoms with Gasteiger partial charge in [0.25, 0.3) is 0 Å². The maximum Gasteiger partial charge on any atom is 0.184 e. The number of hydrogen-bond acceptors (Lipinski definition) is 1. The molecule has 0 bridgehead atoms. The lowest BCUT2D eigenvalue weighted by Crippen LogP contribution is -2.40. The second kappa shape index (κ2) is 3.39. The summed E-state index contributed by atoms with van der Waals surface area (Å²) in [5, 5.41) is 0. The van der Waals surface area contributed by atoms with Crippen LogP contribution < -0.4 is 0 Å². The zero-order chi connectivity index (χ0) is 10.3. The van der Waals surface area contributed by atoms with Crippen LogP contribution in [0.15, 0.2) is 0 Å². The SMILES string of the molecule is C[C@H]1CCC(C)(C)[C@H]1O[Si](C)(C)C. The minimum absolute atomic E-state index is 0.402. The van der Waals surface area contributed by atoms with Crippen LogP contribution in [0, 0.1) is 11.3 Å². The Morgan fingerprint density at radius 3 is 2.08 bits per heavy atom. The molecule has 0 aliphatic heterocycles. The molecule has 0 heterocycles. The van der Waals surface area contributed by atoms with Crippen molar-refractivity contribution in [3.63, 3.8) is 0 Å². The topological polar surface area (TPSA) is 9.23 Å². The highest BCUT2D eigenvalue weighted by Crippen LogP contribution is 2.44. The normalized spacial score (nSPS) is 33.7. The summed E-state index contributed by atoms with van der Waals surface area (Å²) in [6, 6.07) is 0. The van der Waals surface area contributed by atoms with Crippen LogP contribution >= 0.6 is 0 Å². The van der Waals surface area contributed by atoms with Crippen LogP contribution in [-0.2, 0) is 4.43 Å². The predicted molar refractivity (Wildman–Crippen MR) is 60.4 cm³/mol. The first-order valence-corrected chi connectivity index (χ1v) is 8.81. The Bertz CT molecular complexity index is 181. The zero-order valence-electron chi connectivity index (χ0n) is 9.98. The van der Waals surface area contributed by atoms with Gasteiger partial charge in [0, 0.05) is 0 Å². The zero-order valence-corrected chi connectivity index (χ0v) is 11.0. The summed E-state index contributed by atoms with van der Waals surface area (Å²) in [5.41, 5.74) is 0.402. The molecular weight excluding hydrogens is 176 g/mol. The fourth-order valence-corrected chi connectivity index (χ4v) is 3.63. The fourth-order valence-electron chi connectivity index (χ4n) is 2.32. The van der Waals surface area contributed by atoms with Gasteiger partial charge in [0.15, 0.2) is 8.32 Å². The van der Waals surface area contributed by atoms with E-state index in [1.165, 1.54) is 12.8 Å². The first-order valence-electron chi connectivity index (χ1n) is 5.40. The first-order chi connectivity index (χ1) is 5.72. The van der Waals surface area contributed by atoms with E-state index in [1.54, 1.807) is 0 Å². The lowest BCUT2D eigenvalue weighted by molar-refractivity contribution is 0.0684. The highest BCUT2D eigenvalue weighted by atomic mass is 28.4. The first kappa shape index (κ1) is 11.3. The molecule has 0 aromatic carbocycles. The Morgan fingerprint density at radius 2 is 1.77 bits per heavy atom. The number of rotatable bonds is 2. The summed E-state index contributed by atoms with van der Waals surface area (Å²) < 4.78 is 6.27. The third-order valence-corrected chi connectivity index (χ3v) is 3.97. The van der Waals surface area contributed by atoms with Crippen LogP contribution in [0.5, 0.6) is 0 Å². The highest BCUT2D eigenvalue weighted by Gasteiger charge is 2.42. The molecule has 1 aliphatic carbocycles. The molecule has 0 unspecified atom stereocenters. The predicted octanol–water partition coefficient (Wildman–Crippen LogP) is 3.66. The van der Waals surface area contributed by atoms with Crippen molar-refractivity contribution in [1.82, 2.24) is 0 Å². The Morgan fingerprint density at radius 1 is 1.23 bits per heavy atom. The average molecular weight is 200 g/mol. The van der Waals surface area contributed by atoms with E-state index in [1.807, 2.05) is 0 Å². The molecule has 0 N–H and O–H groups in total. The second-order valence-corrected chi connectivity index (χ2v) is 10.6. The van der Waals surface area contributed by atoms with E-state index >= 15 is 0 Å². The third kappa shape index (κ3) is 2.81. The molecule has 1 aliphatic rings. The van der Waals surface area contributed by atoms with E-state index in [4.69, 9.17) is 4.43 Å². The summed E-state index contributed by atoms with van der Waals surface area (Å²) in [5.74, 6) is 0.752. The van der Waals surface area contributed by atoms with Gasteiger partial charge in [0.2, 0.25) is 0 Å². The summed E-state index contributed by atoms with van der Waals surface area (Å²) in [4.78, 5) is 0. The van der Waals surface area contributed by atoms with Gasteiger partial charge < -0.3 is 4.43 Å². The van der Waals surface area contributed by atoms with E-state index in [0.29, 0.717) is 11.5 Å². The molecule has 1 rings (SSSR count). The summed E-state index contributed by atoms with van der Waals surface area (Å²) in [6.45, 7) is 13.9. The molecule has 13 heavy (non-hydrogen) atoms. The molecule has 2 atom stereocenters. The molecule has 1 fully saturated rings. The van der Waals surface area contributed by atoms with Gasteiger partial charge in [0.05, 0.1) is 6.10 Å². The third-order valence-electron chi connectivity index (χ3n) is 3.01. The maximum absolute atomic E-state index is 6.27. The summed E-state index contributed by atoms with van der Waals surface area (Å²) in [7, 11) is -1.35. The molecule has 1 nitrogen and oxygen atoms in total. The number of hydrogen-bond donors (Lipinski definition) is 0.